The van der Waals surface area contributed by atoms with Crippen LogP contribution in [0.15, 0.2) is 36.7 Å². The molecule has 1 unspecified atom stereocenters. The van der Waals surface area contributed by atoms with Gasteiger partial charge in [-0.1, -0.05) is 0 Å². The van der Waals surface area contributed by atoms with E-state index in [2.05, 4.69) is 4.98 Å². The van der Waals surface area contributed by atoms with Crippen LogP contribution < -0.4 is 10.6 Å². The van der Waals surface area contributed by atoms with Crippen molar-refractivity contribution in [3.8, 4) is 5.69 Å². The van der Waals surface area contributed by atoms with Gasteiger partial charge < -0.3 is 20.1 Å². The Balaban J connectivity index is 1.61. The molecule has 29 heavy (non-hydrogen) atoms. The second-order valence-corrected chi connectivity index (χ2v) is 7.31. The van der Waals surface area contributed by atoms with Gasteiger partial charge in [-0.3, -0.25) is 14.5 Å². The fourth-order valence-corrected chi connectivity index (χ4v) is 3.94. The fraction of sp³-hybridized carbons (Fsp3) is 0.350. The number of carbonyl (C=O) groups is 3. The van der Waals surface area contributed by atoms with Crippen molar-refractivity contribution in [2.75, 3.05) is 18.5 Å². The monoisotopic (exact) mass is 395 g/mol. The van der Waals surface area contributed by atoms with E-state index in [-0.39, 0.29) is 18.0 Å². The normalized spacial score (nSPS) is 20.8. The molecule has 2 saturated heterocycles. The first kappa shape index (κ1) is 19.0. The number of amides is 4. The maximum absolute atomic E-state index is 12.8. The minimum absolute atomic E-state index is 0.0442. The smallest absolute Gasteiger partial charge is 0.325 e. The van der Waals surface area contributed by atoms with Gasteiger partial charge in [0.2, 0.25) is 11.8 Å². The minimum atomic E-state index is -0.705. The molecule has 0 aliphatic carbocycles. The van der Waals surface area contributed by atoms with E-state index in [0.29, 0.717) is 18.8 Å². The van der Waals surface area contributed by atoms with Gasteiger partial charge in [0.25, 0.3) is 0 Å². The Hall–Kier alpha value is -3.36. The third-order valence-electron chi connectivity index (χ3n) is 5.52. The fourth-order valence-electron chi connectivity index (χ4n) is 3.94. The molecule has 2 aromatic rings. The Kier molecular flexibility index (Phi) is 4.73. The molecule has 151 valence electrons. The SMILES string of the molecule is CC(=O)N(C)Cc1nccn1-c1ccc(N2C(=O)N3CC[CH][C@@H]3C2C(N)=O)cc1. The lowest BCUT2D eigenvalue weighted by atomic mass is 10.1. The van der Waals surface area contributed by atoms with Crippen LogP contribution in [0.25, 0.3) is 5.69 Å². The lowest BCUT2D eigenvalue weighted by Crippen LogP contribution is -2.46. The van der Waals surface area contributed by atoms with Crippen molar-refractivity contribution < 1.29 is 14.4 Å². The zero-order valence-corrected chi connectivity index (χ0v) is 16.4. The summed E-state index contributed by atoms with van der Waals surface area (Å²) in [5.74, 6) is 0.160. The highest BCUT2D eigenvalue weighted by Gasteiger charge is 2.51. The molecule has 2 aliphatic rings. The van der Waals surface area contributed by atoms with Crippen molar-refractivity contribution >= 4 is 23.5 Å². The van der Waals surface area contributed by atoms with Crippen LogP contribution in [0.5, 0.6) is 0 Å². The van der Waals surface area contributed by atoms with Crippen LogP contribution in [-0.2, 0) is 16.1 Å². The quantitative estimate of drug-likeness (QED) is 0.813. The molecule has 1 radical (unpaired) electrons. The number of nitrogens with zero attached hydrogens (tertiary/aromatic N) is 5. The number of primary amides is 1. The summed E-state index contributed by atoms with van der Waals surface area (Å²) >= 11 is 0. The molecule has 2 aliphatic heterocycles. The zero-order chi connectivity index (χ0) is 20.7. The van der Waals surface area contributed by atoms with Gasteiger partial charge in [-0.25, -0.2) is 9.78 Å². The van der Waals surface area contributed by atoms with Crippen LogP contribution in [0, 0.1) is 6.42 Å². The molecule has 2 atom stereocenters. The summed E-state index contributed by atoms with van der Waals surface area (Å²) in [4.78, 5) is 45.5. The van der Waals surface area contributed by atoms with Crippen molar-refractivity contribution in [3.63, 3.8) is 0 Å². The molecule has 0 saturated carbocycles. The number of hydrogen-bond acceptors (Lipinski definition) is 4. The average Bonchev–Trinajstić information content (AvgIpc) is 3.39. The lowest BCUT2D eigenvalue weighted by Gasteiger charge is -2.23. The lowest BCUT2D eigenvalue weighted by molar-refractivity contribution is -0.128. The van der Waals surface area contributed by atoms with Crippen LogP contribution in [0.4, 0.5) is 10.5 Å². The first-order valence-corrected chi connectivity index (χ1v) is 9.45. The number of rotatable bonds is 5. The molecule has 1 aromatic carbocycles. The van der Waals surface area contributed by atoms with Gasteiger partial charge in [0.1, 0.15) is 11.9 Å². The molecule has 0 bridgehead atoms. The van der Waals surface area contributed by atoms with Crippen molar-refractivity contribution in [3.05, 3.63) is 48.9 Å². The van der Waals surface area contributed by atoms with E-state index in [1.807, 2.05) is 29.3 Å². The highest BCUT2D eigenvalue weighted by Crippen LogP contribution is 2.35. The van der Waals surface area contributed by atoms with Gasteiger partial charge in [-0.15, -0.1) is 0 Å². The Morgan fingerprint density at radius 1 is 1.24 bits per heavy atom. The molecule has 4 rings (SSSR count). The van der Waals surface area contributed by atoms with E-state index in [1.165, 1.54) is 11.8 Å². The molecular formula is C20H23N6O3. The summed E-state index contributed by atoms with van der Waals surface area (Å²) in [6.45, 7) is 2.49. The average molecular weight is 395 g/mol. The molecule has 0 spiro atoms. The second-order valence-electron chi connectivity index (χ2n) is 7.31. The first-order chi connectivity index (χ1) is 13.9. The van der Waals surface area contributed by atoms with Crippen LogP contribution in [0.1, 0.15) is 19.2 Å². The number of nitrogens with two attached hydrogens (primary N) is 1. The van der Waals surface area contributed by atoms with Crippen molar-refractivity contribution in [2.24, 2.45) is 5.73 Å². The summed E-state index contributed by atoms with van der Waals surface area (Å²) in [7, 11) is 1.72. The van der Waals surface area contributed by atoms with Crippen LogP contribution in [0.2, 0.25) is 0 Å². The van der Waals surface area contributed by atoms with Crippen LogP contribution in [0.3, 0.4) is 0 Å². The second kappa shape index (κ2) is 7.23. The van der Waals surface area contributed by atoms with Gasteiger partial charge in [0, 0.05) is 44.3 Å². The van der Waals surface area contributed by atoms with Crippen molar-refractivity contribution in [1.82, 2.24) is 19.4 Å². The summed E-state index contributed by atoms with van der Waals surface area (Å²) in [5.41, 5.74) is 7.08. The van der Waals surface area contributed by atoms with Gasteiger partial charge >= 0.3 is 6.03 Å². The van der Waals surface area contributed by atoms with Gasteiger partial charge in [0.05, 0.1) is 12.6 Å². The number of hydrogen-bond donors (Lipinski definition) is 1. The third-order valence-corrected chi connectivity index (χ3v) is 5.52. The molecule has 3 heterocycles. The van der Waals surface area contributed by atoms with E-state index in [9.17, 15) is 14.4 Å². The Labute approximate surface area is 168 Å². The largest absolute Gasteiger partial charge is 0.368 e. The third kappa shape index (κ3) is 3.22. The molecule has 2 fully saturated rings. The molecule has 2 N–H and O–H groups in total. The predicted octanol–water partition coefficient (Wildman–Crippen LogP) is 0.923. The highest BCUT2D eigenvalue weighted by atomic mass is 16.2. The van der Waals surface area contributed by atoms with Gasteiger partial charge in [-0.05, 0) is 37.1 Å². The summed E-state index contributed by atoms with van der Waals surface area (Å²) in [6, 6.07) is 6.12. The zero-order valence-electron chi connectivity index (χ0n) is 16.4. The number of benzene rings is 1. The van der Waals surface area contributed by atoms with Crippen molar-refractivity contribution in [2.45, 2.75) is 32.0 Å². The number of urea groups is 1. The maximum Gasteiger partial charge on any atom is 0.325 e. The number of aromatic nitrogens is 2. The number of imidazole rings is 1. The molecule has 1 aromatic heterocycles. The Morgan fingerprint density at radius 2 is 1.93 bits per heavy atom. The van der Waals surface area contributed by atoms with Gasteiger partial charge in [0.15, 0.2) is 0 Å². The van der Waals surface area contributed by atoms with E-state index >= 15 is 0 Å². The molecule has 9 heteroatoms. The predicted molar refractivity (Wildman–Crippen MR) is 106 cm³/mol. The standard InChI is InChI=1S/C20H23N6O3/c1-13(27)23(2)12-17-22-9-11-24(17)14-5-7-15(8-6-14)26-18(19(21)28)16-4-3-10-25(16)20(26)29/h4-9,11,16,18H,3,10,12H2,1-2H3,(H2,21,28)/t16-,18?/m1/s1. The Morgan fingerprint density at radius 3 is 2.59 bits per heavy atom. The van der Waals surface area contributed by atoms with E-state index in [0.717, 1.165) is 17.9 Å². The number of fused-ring (bicyclic) bond motifs is 1. The van der Waals surface area contributed by atoms with E-state index < -0.39 is 11.9 Å². The number of anilines is 1. The van der Waals surface area contributed by atoms with Crippen LogP contribution in [-0.4, -0.2) is 62.9 Å². The first-order valence-electron chi connectivity index (χ1n) is 9.45. The Bertz CT molecular complexity index is 953. The van der Waals surface area contributed by atoms with Crippen LogP contribution >= 0.6 is 0 Å². The molecular weight excluding hydrogens is 372 g/mol. The summed E-state index contributed by atoms with van der Waals surface area (Å²) in [5, 5.41) is 0. The highest BCUT2D eigenvalue weighted by molar-refractivity contribution is 6.04. The topological polar surface area (TPSA) is 105 Å². The minimum Gasteiger partial charge on any atom is -0.368 e. The van der Waals surface area contributed by atoms with E-state index in [1.54, 1.807) is 35.2 Å². The van der Waals surface area contributed by atoms with Crippen molar-refractivity contribution in [1.29, 1.82) is 0 Å². The number of carbonyl (C=O) groups excluding carboxylic acids is 3. The summed E-state index contributed by atoms with van der Waals surface area (Å²) in [6.07, 6.45) is 6.24. The summed E-state index contributed by atoms with van der Waals surface area (Å²) < 4.78 is 1.88. The van der Waals surface area contributed by atoms with E-state index in [4.69, 9.17) is 5.73 Å². The maximum atomic E-state index is 12.8. The van der Waals surface area contributed by atoms with Gasteiger partial charge in [-0.2, -0.15) is 0 Å². The molecule has 9 nitrogen and oxygen atoms in total. The molecule has 4 amide bonds.